The van der Waals surface area contributed by atoms with Crippen LogP contribution in [0.5, 0.6) is 5.75 Å². The number of amides is 1. The molecule has 0 spiro atoms. The minimum atomic E-state index is -0.482. The number of non-ortho nitro benzene ring substituents is 1. The van der Waals surface area contributed by atoms with Crippen molar-refractivity contribution in [2.45, 2.75) is 13.8 Å². The van der Waals surface area contributed by atoms with E-state index in [1.165, 1.54) is 12.3 Å². The van der Waals surface area contributed by atoms with Gasteiger partial charge in [0.1, 0.15) is 17.0 Å². The Bertz CT molecular complexity index is 1020. The summed E-state index contributed by atoms with van der Waals surface area (Å²) in [6.07, 6.45) is 1.51. The number of hydrogen-bond acceptors (Lipinski definition) is 5. The molecule has 0 aliphatic carbocycles. The fourth-order valence-electron chi connectivity index (χ4n) is 2.75. The molecule has 0 bridgehead atoms. The van der Waals surface area contributed by atoms with Gasteiger partial charge in [-0.05, 0) is 49.2 Å². The van der Waals surface area contributed by atoms with Crippen LogP contribution in [0.2, 0.25) is 0 Å². The lowest BCUT2D eigenvalue weighted by Crippen LogP contribution is -2.19. The molecule has 8 heteroatoms. The van der Waals surface area contributed by atoms with Crippen molar-refractivity contribution >= 4 is 28.7 Å². The highest BCUT2D eigenvalue weighted by Gasteiger charge is 2.20. The summed E-state index contributed by atoms with van der Waals surface area (Å²) in [5.41, 5.74) is 4.34. The smallest absolute Gasteiger partial charge is 0.293 e. The van der Waals surface area contributed by atoms with Gasteiger partial charge in [-0.25, -0.2) is 5.43 Å². The second-order valence-corrected chi connectivity index (χ2v) is 5.78. The zero-order valence-corrected chi connectivity index (χ0v) is 14.9. The number of benzene rings is 2. The van der Waals surface area contributed by atoms with E-state index >= 15 is 0 Å². The Hall–Kier alpha value is -3.68. The van der Waals surface area contributed by atoms with Gasteiger partial charge in [-0.2, -0.15) is 5.10 Å². The van der Waals surface area contributed by atoms with Crippen molar-refractivity contribution in [3.05, 3.63) is 69.4 Å². The van der Waals surface area contributed by atoms with Crippen LogP contribution in [0.1, 0.15) is 28.5 Å². The average Bonchev–Trinajstić information content (AvgIpc) is 3.00. The SMILES string of the molecule is CCOc1ccc(C=NNC(=O)c2[nH]c3c([N+](=O)[O-])cccc3c2C)cc1. The molecule has 1 amide bonds. The third-order valence-electron chi connectivity index (χ3n) is 4.07. The molecular weight excluding hydrogens is 348 g/mol. The van der Waals surface area contributed by atoms with E-state index in [4.69, 9.17) is 4.74 Å². The topological polar surface area (TPSA) is 110 Å². The molecule has 0 radical (unpaired) electrons. The molecule has 3 rings (SSSR count). The zero-order chi connectivity index (χ0) is 19.4. The van der Waals surface area contributed by atoms with Gasteiger partial charge in [0.25, 0.3) is 11.6 Å². The lowest BCUT2D eigenvalue weighted by atomic mass is 10.1. The molecule has 2 aromatic carbocycles. The number of hydrogen-bond donors (Lipinski definition) is 2. The predicted molar refractivity (Wildman–Crippen MR) is 102 cm³/mol. The van der Waals surface area contributed by atoms with Gasteiger partial charge in [-0.1, -0.05) is 12.1 Å². The van der Waals surface area contributed by atoms with E-state index in [9.17, 15) is 14.9 Å². The number of rotatable bonds is 6. The van der Waals surface area contributed by atoms with Crippen LogP contribution in [-0.2, 0) is 0 Å². The Morgan fingerprint density at radius 3 is 2.70 bits per heavy atom. The maximum Gasteiger partial charge on any atom is 0.293 e. The van der Waals surface area contributed by atoms with Crippen LogP contribution in [0.4, 0.5) is 5.69 Å². The largest absolute Gasteiger partial charge is 0.494 e. The third kappa shape index (κ3) is 3.79. The molecule has 0 fully saturated rings. The monoisotopic (exact) mass is 366 g/mol. The summed E-state index contributed by atoms with van der Waals surface area (Å²) >= 11 is 0. The number of fused-ring (bicyclic) bond motifs is 1. The highest BCUT2D eigenvalue weighted by molar-refractivity contribution is 6.03. The molecule has 138 valence electrons. The number of H-pyrrole nitrogens is 1. The minimum Gasteiger partial charge on any atom is -0.494 e. The van der Waals surface area contributed by atoms with E-state index in [2.05, 4.69) is 15.5 Å². The molecule has 1 heterocycles. The maximum absolute atomic E-state index is 12.4. The Morgan fingerprint density at radius 2 is 2.04 bits per heavy atom. The third-order valence-corrected chi connectivity index (χ3v) is 4.07. The number of aryl methyl sites for hydroxylation is 1. The summed E-state index contributed by atoms with van der Waals surface area (Å²) in [7, 11) is 0. The number of aromatic nitrogens is 1. The van der Waals surface area contributed by atoms with E-state index in [1.807, 2.05) is 31.2 Å². The van der Waals surface area contributed by atoms with Crippen molar-refractivity contribution in [1.29, 1.82) is 0 Å². The number of nitrogens with zero attached hydrogens (tertiary/aromatic N) is 2. The fraction of sp³-hybridized carbons (Fsp3) is 0.158. The van der Waals surface area contributed by atoms with Gasteiger partial charge in [0.15, 0.2) is 0 Å². The van der Waals surface area contributed by atoms with E-state index in [0.29, 0.717) is 23.1 Å². The van der Waals surface area contributed by atoms with Gasteiger partial charge in [0, 0.05) is 11.5 Å². The Kier molecular flexibility index (Phi) is 5.16. The highest BCUT2D eigenvalue weighted by atomic mass is 16.6. The van der Waals surface area contributed by atoms with Gasteiger partial charge in [-0.15, -0.1) is 0 Å². The molecule has 0 atom stereocenters. The summed E-state index contributed by atoms with van der Waals surface area (Å²) in [5.74, 6) is 0.286. The van der Waals surface area contributed by atoms with E-state index in [-0.39, 0.29) is 11.4 Å². The molecular formula is C19H18N4O4. The summed E-state index contributed by atoms with van der Waals surface area (Å²) in [6, 6.07) is 12.0. The van der Waals surface area contributed by atoms with E-state index in [0.717, 1.165) is 11.3 Å². The van der Waals surface area contributed by atoms with Gasteiger partial charge in [0.2, 0.25) is 0 Å². The van der Waals surface area contributed by atoms with Gasteiger partial charge in [0.05, 0.1) is 17.7 Å². The van der Waals surface area contributed by atoms with Crippen molar-refractivity contribution in [2.24, 2.45) is 5.10 Å². The predicted octanol–water partition coefficient (Wildman–Crippen LogP) is 3.55. The first-order valence-corrected chi connectivity index (χ1v) is 8.33. The molecule has 0 saturated heterocycles. The Balaban J connectivity index is 1.77. The molecule has 0 aliphatic rings. The molecule has 8 nitrogen and oxygen atoms in total. The lowest BCUT2D eigenvalue weighted by Gasteiger charge is -2.02. The molecule has 0 unspecified atom stereocenters. The molecule has 2 N–H and O–H groups in total. The van der Waals surface area contributed by atoms with Crippen LogP contribution in [-0.4, -0.2) is 28.6 Å². The Labute approximate surface area is 155 Å². The molecule has 0 saturated carbocycles. The van der Waals surface area contributed by atoms with Crippen LogP contribution in [0.15, 0.2) is 47.6 Å². The number of nitro groups is 1. The van der Waals surface area contributed by atoms with Gasteiger partial charge < -0.3 is 9.72 Å². The van der Waals surface area contributed by atoms with Crippen LogP contribution < -0.4 is 10.2 Å². The normalized spacial score (nSPS) is 11.0. The summed E-state index contributed by atoms with van der Waals surface area (Å²) in [6.45, 7) is 4.23. The first kappa shape index (κ1) is 18.1. The minimum absolute atomic E-state index is 0.0764. The second kappa shape index (κ2) is 7.69. The van der Waals surface area contributed by atoms with Gasteiger partial charge >= 0.3 is 0 Å². The quantitative estimate of drug-likeness (QED) is 0.395. The number of nitrogens with one attached hydrogen (secondary N) is 2. The summed E-state index contributed by atoms with van der Waals surface area (Å²) in [5, 5.41) is 15.7. The molecule has 3 aromatic rings. The number of carbonyl (C=O) groups excluding carboxylic acids is 1. The van der Waals surface area contributed by atoms with Crippen LogP contribution >= 0.6 is 0 Å². The van der Waals surface area contributed by atoms with Crippen molar-refractivity contribution in [3.8, 4) is 5.75 Å². The van der Waals surface area contributed by atoms with Crippen molar-refractivity contribution in [2.75, 3.05) is 6.61 Å². The van der Waals surface area contributed by atoms with E-state index < -0.39 is 10.8 Å². The van der Waals surface area contributed by atoms with Crippen molar-refractivity contribution in [1.82, 2.24) is 10.4 Å². The number of carbonyl (C=O) groups is 1. The van der Waals surface area contributed by atoms with E-state index in [1.54, 1.807) is 19.1 Å². The maximum atomic E-state index is 12.4. The summed E-state index contributed by atoms with van der Waals surface area (Å²) in [4.78, 5) is 25.9. The number of ether oxygens (including phenoxy) is 1. The first-order valence-electron chi connectivity index (χ1n) is 8.33. The summed E-state index contributed by atoms with van der Waals surface area (Å²) < 4.78 is 5.36. The van der Waals surface area contributed by atoms with Crippen LogP contribution in [0, 0.1) is 17.0 Å². The first-order chi connectivity index (χ1) is 13.0. The van der Waals surface area contributed by atoms with Crippen molar-refractivity contribution in [3.63, 3.8) is 0 Å². The average molecular weight is 366 g/mol. The van der Waals surface area contributed by atoms with Crippen LogP contribution in [0.25, 0.3) is 10.9 Å². The lowest BCUT2D eigenvalue weighted by molar-refractivity contribution is -0.383. The standard InChI is InChI=1S/C19H18N4O4/c1-3-27-14-9-7-13(8-10-14)11-20-22-19(24)17-12(2)15-5-4-6-16(23(25)26)18(15)21-17/h4-11,21H,3H2,1-2H3,(H,22,24). The van der Waals surface area contributed by atoms with Gasteiger partial charge in [-0.3, -0.25) is 14.9 Å². The number of para-hydroxylation sites is 1. The number of hydrazone groups is 1. The number of aromatic amines is 1. The second-order valence-electron chi connectivity index (χ2n) is 5.78. The fourth-order valence-corrected chi connectivity index (χ4v) is 2.75. The molecule has 27 heavy (non-hydrogen) atoms. The van der Waals surface area contributed by atoms with Crippen molar-refractivity contribution < 1.29 is 14.5 Å². The zero-order valence-electron chi connectivity index (χ0n) is 14.9. The highest BCUT2D eigenvalue weighted by Crippen LogP contribution is 2.29. The molecule has 1 aromatic heterocycles. The molecule has 0 aliphatic heterocycles. The van der Waals surface area contributed by atoms with Crippen LogP contribution in [0.3, 0.4) is 0 Å². The number of nitro benzene ring substituents is 1. The Morgan fingerprint density at radius 1 is 1.30 bits per heavy atom.